The molecule has 1 heteroatoms. The minimum atomic E-state index is 0.587. The van der Waals surface area contributed by atoms with Crippen LogP contribution in [0.2, 0.25) is 0 Å². The molecule has 14 atom stereocenters. The van der Waals surface area contributed by atoms with Gasteiger partial charge in [0.1, 0.15) is 0 Å². The summed E-state index contributed by atoms with van der Waals surface area (Å²) in [7, 11) is 0. The lowest BCUT2D eigenvalue weighted by Gasteiger charge is -2.59. The Kier molecular flexibility index (Phi) is 8.90. The lowest BCUT2D eigenvalue weighted by molar-refractivity contribution is -0.0707. The Morgan fingerprint density at radius 1 is 0.533 bits per heavy atom. The van der Waals surface area contributed by atoms with E-state index in [0.29, 0.717) is 12.2 Å². The lowest BCUT2D eigenvalue weighted by atomic mass is 9.46. The molecule has 6 fully saturated rings. The molecular formula is C44H66O. The van der Waals surface area contributed by atoms with E-state index in [0.717, 1.165) is 76.9 Å². The van der Waals surface area contributed by atoms with Crippen molar-refractivity contribution in [2.45, 2.75) is 160 Å². The molecule has 0 radical (unpaired) electrons. The predicted octanol–water partition coefficient (Wildman–Crippen LogP) is 11.9. The zero-order chi connectivity index (χ0) is 29.7. The quantitative estimate of drug-likeness (QED) is 0.288. The Bertz CT molecular complexity index is 1110. The number of fused-ring (bicyclic) bond motifs is 5. The molecule has 5 saturated carbocycles. The molecule has 9 aliphatic rings. The van der Waals surface area contributed by atoms with E-state index in [9.17, 15) is 0 Å². The van der Waals surface area contributed by atoms with Crippen LogP contribution >= 0.6 is 0 Å². The maximum Gasteiger partial charge on any atom is 0.0644 e. The first-order chi connectivity index (χ1) is 22.3. The van der Waals surface area contributed by atoms with Crippen LogP contribution < -0.4 is 0 Å². The van der Waals surface area contributed by atoms with Gasteiger partial charge in [0, 0.05) is 0 Å². The minimum Gasteiger partial charge on any atom is -0.374 e. The summed E-state index contributed by atoms with van der Waals surface area (Å²) in [5.74, 6) is 12.1. The molecule has 0 aromatic heterocycles. The fourth-order valence-corrected chi connectivity index (χ4v) is 14.8. The van der Waals surface area contributed by atoms with E-state index in [1.165, 1.54) is 116 Å². The molecule has 0 amide bonds. The summed E-state index contributed by atoms with van der Waals surface area (Å²) in [6.07, 6.45) is 48.6. The summed E-state index contributed by atoms with van der Waals surface area (Å²) < 4.78 is 7.04. The summed E-state index contributed by atoms with van der Waals surface area (Å²) in [5, 5.41) is 0. The van der Waals surface area contributed by atoms with E-state index in [1.807, 2.05) is 5.57 Å². The van der Waals surface area contributed by atoms with Gasteiger partial charge in [-0.1, -0.05) is 87.3 Å². The number of hydrogen-bond acceptors (Lipinski definition) is 1. The first-order valence-electron chi connectivity index (χ1n) is 21.0. The van der Waals surface area contributed by atoms with Gasteiger partial charge in [-0.05, 0) is 173 Å². The third-order valence-electron chi connectivity index (χ3n) is 16.5. The van der Waals surface area contributed by atoms with Crippen LogP contribution in [-0.4, -0.2) is 12.2 Å². The molecule has 14 unspecified atom stereocenters. The maximum absolute atomic E-state index is 7.04. The van der Waals surface area contributed by atoms with Crippen molar-refractivity contribution in [3.05, 3.63) is 36.0 Å². The summed E-state index contributed by atoms with van der Waals surface area (Å²) >= 11 is 0. The molecule has 1 saturated heterocycles. The van der Waals surface area contributed by atoms with E-state index >= 15 is 0 Å². The van der Waals surface area contributed by atoms with Gasteiger partial charge in [0.2, 0.25) is 0 Å². The third-order valence-corrected chi connectivity index (χ3v) is 16.5. The molecule has 0 spiro atoms. The molecule has 248 valence electrons. The molecule has 9 rings (SSSR count). The first-order valence-corrected chi connectivity index (χ1v) is 21.0. The highest BCUT2D eigenvalue weighted by molar-refractivity contribution is 5.21. The van der Waals surface area contributed by atoms with Gasteiger partial charge in [-0.2, -0.15) is 0 Å². The lowest BCUT2D eigenvalue weighted by Crippen LogP contribution is -2.52. The smallest absolute Gasteiger partial charge is 0.0644 e. The zero-order valence-corrected chi connectivity index (χ0v) is 28.7. The normalized spacial score (nSPS) is 50.2. The fourth-order valence-electron chi connectivity index (χ4n) is 14.8. The standard InChI is InChI=1S/C44H66O/c1-3-13-29(14-4-1)42-36-20-7-8-21-37(36)43(30-15-5-2-6-16-30)40-28-32(25-26-38(40)42)31-17-11-18-33(27-31)34-22-12-23-39-35-19-9-10-24-41(35)45-44(34)39/h7,11,15,18,20,29,31-44H,1-6,8-10,12-14,16-17,19,21-28H2. The van der Waals surface area contributed by atoms with Crippen LogP contribution in [0.1, 0.15) is 148 Å². The van der Waals surface area contributed by atoms with Gasteiger partial charge < -0.3 is 4.74 Å². The summed E-state index contributed by atoms with van der Waals surface area (Å²) in [4.78, 5) is 0. The van der Waals surface area contributed by atoms with Gasteiger partial charge in [0.25, 0.3) is 0 Å². The maximum atomic E-state index is 7.04. The monoisotopic (exact) mass is 611 g/mol. The largest absolute Gasteiger partial charge is 0.374 e. The van der Waals surface area contributed by atoms with Crippen molar-refractivity contribution < 1.29 is 4.74 Å². The zero-order valence-electron chi connectivity index (χ0n) is 28.7. The highest BCUT2D eigenvalue weighted by atomic mass is 16.5. The summed E-state index contributed by atoms with van der Waals surface area (Å²) in [5.41, 5.74) is 1.96. The highest BCUT2D eigenvalue weighted by Crippen LogP contribution is 2.62. The van der Waals surface area contributed by atoms with E-state index < -0.39 is 0 Å². The average molecular weight is 611 g/mol. The SMILES string of the molecule is C1=CC2C(CC1)C(C1=CCCCC1)C1CC(C3CC=CC(C4CCCC5C6CCCCC6OC45)C3)CCC1C2C1CCCCC1. The van der Waals surface area contributed by atoms with Gasteiger partial charge in [0.05, 0.1) is 12.2 Å². The van der Waals surface area contributed by atoms with Crippen molar-refractivity contribution in [3.8, 4) is 0 Å². The van der Waals surface area contributed by atoms with E-state index in [2.05, 4.69) is 30.4 Å². The second kappa shape index (κ2) is 13.2. The van der Waals surface area contributed by atoms with Crippen molar-refractivity contribution in [2.24, 2.45) is 76.9 Å². The van der Waals surface area contributed by atoms with Crippen LogP contribution in [0.5, 0.6) is 0 Å². The van der Waals surface area contributed by atoms with Gasteiger partial charge in [0.15, 0.2) is 0 Å². The Labute approximate surface area is 276 Å². The van der Waals surface area contributed by atoms with Crippen LogP contribution in [0.4, 0.5) is 0 Å². The number of rotatable bonds is 4. The Morgan fingerprint density at radius 2 is 1.40 bits per heavy atom. The van der Waals surface area contributed by atoms with Crippen molar-refractivity contribution in [3.63, 3.8) is 0 Å². The average Bonchev–Trinajstić information content (AvgIpc) is 3.50. The van der Waals surface area contributed by atoms with E-state index in [-0.39, 0.29) is 0 Å². The van der Waals surface area contributed by atoms with Gasteiger partial charge >= 0.3 is 0 Å². The van der Waals surface area contributed by atoms with E-state index in [4.69, 9.17) is 4.74 Å². The van der Waals surface area contributed by atoms with Crippen molar-refractivity contribution in [1.29, 1.82) is 0 Å². The molecule has 0 N–H and O–H groups in total. The second-order valence-electron chi connectivity index (χ2n) is 18.3. The van der Waals surface area contributed by atoms with Crippen LogP contribution in [0.25, 0.3) is 0 Å². The predicted molar refractivity (Wildman–Crippen MR) is 187 cm³/mol. The molecular weight excluding hydrogens is 544 g/mol. The van der Waals surface area contributed by atoms with Crippen molar-refractivity contribution in [1.82, 2.24) is 0 Å². The molecule has 1 nitrogen and oxygen atoms in total. The van der Waals surface area contributed by atoms with Gasteiger partial charge in [-0.15, -0.1) is 0 Å². The third kappa shape index (κ3) is 5.62. The molecule has 1 aliphatic heterocycles. The molecule has 8 aliphatic carbocycles. The second-order valence-corrected chi connectivity index (χ2v) is 18.3. The number of allylic oxidation sites excluding steroid dienone is 6. The van der Waals surface area contributed by atoms with E-state index in [1.54, 1.807) is 32.1 Å². The van der Waals surface area contributed by atoms with Crippen molar-refractivity contribution >= 4 is 0 Å². The minimum absolute atomic E-state index is 0.587. The van der Waals surface area contributed by atoms with Crippen LogP contribution in [0.15, 0.2) is 36.0 Å². The fraction of sp³-hybridized carbons (Fsp3) is 0.864. The van der Waals surface area contributed by atoms with Crippen LogP contribution in [-0.2, 0) is 4.74 Å². The summed E-state index contributed by atoms with van der Waals surface area (Å²) in [6, 6.07) is 0. The molecule has 0 bridgehead atoms. The van der Waals surface area contributed by atoms with Gasteiger partial charge in [-0.3, -0.25) is 0 Å². The Morgan fingerprint density at radius 3 is 2.31 bits per heavy atom. The number of hydrogen-bond donors (Lipinski definition) is 0. The van der Waals surface area contributed by atoms with Crippen LogP contribution in [0.3, 0.4) is 0 Å². The molecule has 45 heavy (non-hydrogen) atoms. The molecule has 0 aromatic carbocycles. The van der Waals surface area contributed by atoms with Gasteiger partial charge in [-0.25, -0.2) is 0 Å². The van der Waals surface area contributed by atoms with Crippen LogP contribution in [0, 0.1) is 76.9 Å². The molecule has 1 heterocycles. The van der Waals surface area contributed by atoms with Crippen molar-refractivity contribution in [2.75, 3.05) is 0 Å². The topological polar surface area (TPSA) is 9.23 Å². The Balaban J connectivity index is 0.963. The molecule has 0 aromatic rings. The Hall–Kier alpha value is -0.820. The number of ether oxygens (including phenoxy) is 1. The highest BCUT2D eigenvalue weighted by Gasteiger charge is 2.55. The first kappa shape index (κ1) is 30.3. The summed E-state index contributed by atoms with van der Waals surface area (Å²) in [6.45, 7) is 0.